The smallest absolute Gasteiger partial charge is 0.258 e. The van der Waals surface area contributed by atoms with Gasteiger partial charge in [-0.1, -0.05) is 23.2 Å². The zero-order valence-electron chi connectivity index (χ0n) is 14.3. The molecule has 3 aromatic rings. The molecule has 0 atom stereocenters. The van der Waals surface area contributed by atoms with E-state index in [4.69, 9.17) is 23.2 Å². The lowest BCUT2D eigenvalue weighted by molar-refractivity contribution is 0.0627. The maximum atomic E-state index is 12.6. The van der Waals surface area contributed by atoms with Gasteiger partial charge in [0.1, 0.15) is 0 Å². The predicted molar refractivity (Wildman–Crippen MR) is 107 cm³/mol. The van der Waals surface area contributed by atoms with Crippen LogP contribution in [0.3, 0.4) is 0 Å². The number of benzene rings is 1. The Morgan fingerprint density at radius 2 is 1.89 bits per heavy atom. The van der Waals surface area contributed by atoms with E-state index in [2.05, 4.69) is 9.88 Å². The number of hydrogen-bond donors (Lipinski definition) is 0. The normalized spacial score (nSPS) is 15.4. The average molecular weight is 423 g/mol. The molecule has 1 saturated heterocycles. The molecule has 4 rings (SSSR count). The van der Waals surface area contributed by atoms with Crippen LogP contribution in [-0.4, -0.2) is 51.3 Å². The predicted octanol–water partition coefficient (Wildman–Crippen LogP) is 3.02. The summed E-state index contributed by atoms with van der Waals surface area (Å²) in [7, 11) is 0. The Balaban J connectivity index is 1.40. The Morgan fingerprint density at radius 3 is 2.63 bits per heavy atom. The van der Waals surface area contributed by atoms with Crippen molar-refractivity contribution < 1.29 is 4.79 Å². The van der Waals surface area contributed by atoms with Crippen molar-refractivity contribution in [1.82, 2.24) is 19.2 Å². The van der Waals surface area contributed by atoms with E-state index in [9.17, 15) is 9.59 Å². The highest BCUT2D eigenvalue weighted by Crippen LogP contribution is 2.23. The summed E-state index contributed by atoms with van der Waals surface area (Å²) in [5, 5.41) is 2.66. The van der Waals surface area contributed by atoms with Crippen LogP contribution in [0.25, 0.3) is 4.96 Å². The molecule has 0 bridgehead atoms. The van der Waals surface area contributed by atoms with Crippen LogP contribution in [0.5, 0.6) is 0 Å². The molecule has 1 fully saturated rings. The van der Waals surface area contributed by atoms with Crippen molar-refractivity contribution >= 4 is 45.4 Å². The molecule has 0 N–H and O–H groups in total. The van der Waals surface area contributed by atoms with E-state index >= 15 is 0 Å². The summed E-state index contributed by atoms with van der Waals surface area (Å²) >= 11 is 13.4. The SMILES string of the molecule is O=C(c1ccc(Cl)c(Cl)c1)N1CCN(Cc2cc(=O)n3ccsc3n2)CC1. The summed E-state index contributed by atoms with van der Waals surface area (Å²) in [6.45, 7) is 3.26. The first kappa shape index (κ1) is 18.4. The Labute approximate surface area is 169 Å². The number of nitrogens with zero attached hydrogens (tertiary/aromatic N) is 4. The summed E-state index contributed by atoms with van der Waals surface area (Å²) in [5.74, 6) is -0.0513. The minimum atomic E-state index is -0.0651. The Hall–Kier alpha value is -1.93. The Bertz CT molecular complexity index is 1060. The molecule has 0 spiro atoms. The van der Waals surface area contributed by atoms with Crippen molar-refractivity contribution in [3.8, 4) is 0 Å². The number of thiazole rings is 1. The van der Waals surface area contributed by atoms with E-state index in [0.717, 1.165) is 18.8 Å². The van der Waals surface area contributed by atoms with Crippen LogP contribution < -0.4 is 5.56 Å². The molecule has 1 aliphatic rings. The van der Waals surface area contributed by atoms with E-state index in [1.165, 1.54) is 11.3 Å². The second kappa shape index (κ2) is 7.59. The van der Waals surface area contributed by atoms with Gasteiger partial charge in [-0.25, -0.2) is 4.98 Å². The second-order valence-electron chi connectivity index (χ2n) is 6.34. The molecule has 0 aliphatic carbocycles. The number of amides is 1. The molecular weight excluding hydrogens is 407 g/mol. The van der Waals surface area contributed by atoms with Gasteiger partial charge in [0, 0.05) is 55.9 Å². The molecule has 140 valence electrons. The number of carbonyl (C=O) groups excluding carboxylic acids is 1. The van der Waals surface area contributed by atoms with Gasteiger partial charge in [-0.2, -0.15) is 0 Å². The zero-order valence-corrected chi connectivity index (χ0v) is 16.6. The van der Waals surface area contributed by atoms with Crippen LogP contribution in [0.15, 0.2) is 40.6 Å². The van der Waals surface area contributed by atoms with Crippen LogP contribution in [0.2, 0.25) is 10.0 Å². The lowest BCUT2D eigenvalue weighted by Gasteiger charge is -2.34. The number of halogens is 2. The maximum absolute atomic E-state index is 12.6. The third-order valence-electron chi connectivity index (χ3n) is 4.57. The van der Waals surface area contributed by atoms with Crippen LogP contribution in [0.1, 0.15) is 16.1 Å². The second-order valence-corrected chi connectivity index (χ2v) is 8.03. The molecule has 1 amide bonds. The van der Waals surface area contributed by atoms with Crippen molar-refractivity contribution in [2.75, 3.05) is 26.2 Å². The number of fused-ring (bicyclic) bond motifs is 1. The standard InChI is InChI=1S/C18H16Cl2N4O2S/c19-14-2-1-12(9-15(14)20)17(26)23-5-3-22(4-6-23)11-13-10-16(25)24-7-8-27-18(24)21-13/h1-2,7-10H,3-6,11H2. The summed E-state index contributed by atoms with van der Waals surface area (Å²) in [4.78, 5) is 34.0. The van der Waals surface area contributed by atoms with Crippen molar-refractivity contribution in [3.05, 3.63) is 67.5 Å². The third kappa shape index (κ3) is 3.87. The van der Waals surface area contributed by atoms with Crippen LogP contribution in [0, 0.1) is 0 Å². The number of piperazine rings is 1. The van der Waals surface area contributed by atoms with E-state index in [-0.39, 0.29) is 11.5 Å². The molecular formula is C18H16Cl2N4O2S. The topological polar surface area (TPSA) is 57.9 Å². The Morgan fingerprint density at radius 1 is 1.11 bits per heavy atom. The fourth-order valence-corrected chi connectivity index (χ4v) is 4.16. The van der Waals surface area contributed by atoms with Gasteiger partial charge < -0.3 is 4.90 Å². The highest BCUT2D eigenvalue weighted by molar-refractivity contribution is 7.15. The van der Waals surface area contributed by atoms with Gasteiger partial charge in [0.05, 0.1) is 15.7 Å². The summed E-state index contributed by atoms with van der Waals surface area (Å²) in [6, 6.07) is 6.51. The highest BCUT2D eigenvalue weighted by atomic mass is 35.5. The molecule has 0 unspecified atom stereocenters. The van der Waals surface area contributed by atoms with E-state index < -0.39 is 0 Å². The summed E-state index contributed by atoms with van der Waals surface area (Å²) < 4.78 is 1.54. The quantitative estimate of drug-likeness (QED) is 0.650. The minimum Gasteiger partial charge on any atom is -0.336 e. The van der Waals surface area contributed by atoms with E-state index in [1.54, 1.807) is 39.8 Å². The third-order valence-corrected chi connectivity index (χ3v) is 6.06. The summed E-state index contributed by atoms with van der Waals surface area (Å²) in [6.07, 6.45) is 1.73. The number of carbonyl (C=O) groups is 1. The molecule has 1 aliphatic heterocycles. The fourth-order valence-electron chi connectivity index (χ4n) is 3.12. The van der Waals surface area contributed by atoms with Gasteiger partial charge in [0.25, 0.3) is 11.5 Å². The van der Waals surface area contributed by atoms with Gasteiger partial charge in [-0.05, 0) is 18.2 Å². The molecule has 9 heteroatoms. The highest BCUT2D eigenvalue weighted by Gasteiger charge is 2.23. The van der Waals surface area contributed by atoms with Gasteiger partial charge >= 0.3 is 0 Å². The average Bonchev–Trinajstić information content (AvgIpc) is 3.13. The minimum absolute atomic E-state index is 0.0513. The molecule has 1 aromatic carbocycles. The first-order valence-electron chi connectivity index (χ1n) is 8.44. The van der Waals surface area contributed by atoms with Crippen molar-refractivity contribution in [1.29, 1.82) is 0 Å². The molecule has 3 heterocycles. The molecule has 6 nitrogen and oxygen atoms in total. The zero-order chi connectivity index (χ0) is 19.0. The fraction of sp³-hybridized carbons (Fsp3) is 0.278. The monoisotopic (exact) mass is 422 g/mol. The summed E-state index contributed by atoms with van der Waals surface area (Å²) in [5.41, 5.74) is 1.23. The lowest BCUT2D eigenvalue weighted by atomic mass is 10.2. The maximum Gasteiger partial charge on any atom is 0.258 e. The van der Waals surface area contributed by atoms with Crippen molar-refractivity contribution in [2.45, 2.75) is 6.54 Å². The largest absolute Gasteiger partial charge is 0.336 e. The molecule has 27 heavy (non-hydrogen) atoms. The number of hydrogen-bond acceptors (Lipinski definition) is 5. The number of rotatable bonds is 3. The van der Waals surface area contributed by atoms with Crippen molar-refractivity contribution in [2.24, 2.45) is 0 Å². The molecule has 2 aromatic heterocycles. The van der Waals surface area contributed by atoms with Crippen LogP contribution >= 0.6 is 34.5 Å². The first-order chi connectivity index (χ1) is 13.0. The molecule has 0 saturated carbocycles. The molecule has 0 radical (unpaired) electrons. The Kier molecular flexibility index (Phi) is 5.19. The van der Waals surface area contributed by atoms with Gasteiger partial charge in [-0.15, -0.1) is 11.3 Å². The van der Waals surface area contributed by atoms with Gasteiger partial charge in [0.15, 0.2) is 4.96 Å². The van der Waals surface area contributed by atoms with E-state index in [0.29, 0.717) is 40.2 Å². The van der Waals surface area contributed by atoms with Crippen molar-refractivity contribution in [3.63, 3.8) is 0 Å². The van der Waals surface area contributed by atoms with Gasteiger partial charge in [0.2, 0.25) is 0 Å². The van der Waals surface area contributed by atoms with E-state index in [1.807, 2.05) is 5.38 Å². The van der Waals surface area contributed by atoms with Crippen LogP contribution in [-0.2, 0) is 6.54 Å². The van der Waals surface area contributed by atoms with Gasteiger partial charge in [-0.3, -0.25) is 18.9 Å². The lowest BCUT2D eigenvalue weighted by Crippen LogP contribution is -2.48. The first-order valence-corrected chi connectivity index (χ1v) is 10.1. The number of aromatic nitrogens is 2. The van der Waals surface area contributed by atoms with Crippen LogP contribution in [0.4, 0.5) is 0 Å².